The zero-order valence-corrected chi connectivity index (χ0v) is 13.4. The number of ether oxygens (including phenoxy) is 1. The van der Waals surface area contributed by atoms with Crippen LogP contribution in [0.2, 0.25) is 0 Å². The number of nitrogens with zero attached hydrogens (tertiary/aromatic N) is 4. The predicted molar refractivity (Wildman–Crippen MR) is 84.9 cm³/mol. The van der Waals surface area contributed by atoms with Gasteiger partial charge in [-0.2, -0.15) is 4.98 Å². The Kier molecular flexibility index (Phi) is 3.98. The smallest absolute Gasteiger partial charge is 0.247 e. The van der Waals surface area contributed by atoms with Crippen molar-refractivity contribution in [3.8, 4) is 17.1 Å². The number of carbonyl (C=O) groups excluding carboxylic acids is 1. The summed E-state index contributed by atoms with van der Waals surface area (Å²) in [4.78, 5) is 18.4. The molecule has 0 saturated heterocycles. The zero-order chi connectivity index (χ0) is 15.7. The summed E-state index contributed by atoms with van der Waals surface area (Å²) in [7, 11) is 0. The summed E-state index contributed by atoms with van der Waals surface area (Å²) in [5.74, 6) is 0.400. The van der Waals surface area contributed by atoms with Crippen molar-refractivity contribution >= 4 is 23.4 Å². The second-order valence-electron chi connectivity index (χ2n) is 4.80. The van der Waals surface area contributed by atoms with Crippen LogP contribution >= 0.6 is 11.8 Å². The number of thioether (sulfide) groups is 1. The lowest BCUT2D eigenvalue weighted by molar-refractivity contribution is -0.119. The van der Waals surface area contributed by atoms with Gasteiger partial charge in [-0.1, -0.05) is 36.9 Å². The maximum Gasteiger partial charge on any atom is 0.247 e. The van der Waals surface area contributed by atoms with Gasteiger partial charge in [-0.25, -0.2) is 0 Å². The molecule has 0 unspecified atom stereocenters. The first-order valence-electron chi connectivity index (χ1n) is 7.02. The van der Waals surface area contributed by atoms with E-state index in [9.17, 15) is 4.79 Å². The van der Waals surface area contributed by atoms with Gasteiger partial charge in [0.05, 0.1) is 5.69 Å². The largest absolute Gasteiger partial charge is 0.452 e. The van der Waals surface area contributed by atoms with Gasteiger partial charge in [0.2, 0.25) is 16.9 Å². The first kappa shape index (κ1) is 14.8. The highest BCUT2D eigenvalue weighted by atomic mass is 32.2. The molecule has 0 radical (unpaired) electrons. The summed E-state index contributed by atoms with van der Waals surface area (Å²) >= 11 is 1.40. The molecule has 1 atom stereocenters. The third-order valence-electron chi connectivity index (χ3n) is 3.45. The summed E-state index contributed by atoms with van der Waals surface area (Å²) < 4.78 is 5.90. The number of hydrogen-bond acceptors (Lipinski definition) is 6. The van der Waals surface area contributed by atoms with Gasteiger partial charge in [0.1, 0.15) is 0 Å². The number of aromatic nitrogens is 3. The quantitative estimate of drug-likeness (QED) is 0.794. The van der Waals surface area contributed by atoms with Crippen LogP contribution in [0.15, 0.2) is 29.4 Å². The van der Waals surface area contributed by atoms with Crippen LogP contribution in [0, 0.1) is 0 Å². The van der Waals surface area contributed by atoms with Crippen molar-refractivity contribution < 1.29 is 9.53 Å². The fourth-order valence-electron chi connectivity index (χ4n) is 2.44. The van der Waals surface area contributed by atoms with Gasteiger partial charge in [-0.05, 0) is 19.2 Å². The number of anilines is 1. The number of benzene rings is 1. The van der Waals surface area contributed by atoms with Crippen LogP contribution in [-0.4, -0.2) is 33.6 Å². The van der Waals surface area contributed by atoms with E-state index in [0.717, 1.165) is 11.3 Å². The number of amides is 1. The van der Waals surface area contributed by atoms with Gasteiger partial charge in [0.25, 0.3) is 0 Å². The van der Waals surface area contributed by atoms with E-state index in [4.69, 9.17) is 4.74 Å². The molecular formula is C15H16N4O2S. The van der Waals surface area contributed by atoms with Gasteiger partial charge >= 0.3 is 0 Å². The van der Waals surface area contributed by atoms with Crippen LogP contribution in [0.3, 0.4) is 0 Å². The predicted octanol–water partition coefficient (Wildman–Crippen LogP) is 2.74. The fraction of sp³-hybridized carbons (Fsp3) is 0.333. The molecule has 0 N–H and O–H groups in total. The second-order valence-corrected chi connectivity index (χ2v) is 5.58. The van der Waals surface area contributed by atoms with E-state index in [0.29, 0.717) is 23.2 Å². The summed E-state index contributed by atoms with van der Waals surface area (Å²) in [5, 5.41) is 8.87. The molecule has 6 nitrogen and oxygen atoms in total. The number of para-hydroxylation sites is 1. The Morgan fingerprint density at radius 1 is 1.36 bits per heavy atom. The Bertz CT molecular complexity index is 722. The molecule has 2 aromatic rings. The van der Waals surface area contributed by atoms with E-state index in [1.54, 1.807) is 4.90 Å². The molecule has 1 aromatic carbocycles. The first-order valence-corrected chi connectivity index (χ1v) is 8.25. The van der Waals surface area contributed by atoms with E-state index < -0.39 is 6.23 Å². The highest BCUT2D eigenvalue weighted by Gasteiger charge is 2.31. The monoisotopic (exact) mass is 316 g/mol. The van der Waals surface area contributed by atoms with Crippen molar-refractivity contribution in [2.45, 2.75) is 31.7 Å². The molecule has 2 heterocycles. The van der Waals surface area contributed by atoms with Crippen molar-refractivity contribution in [1.29, 1.82) is 0 Å². The van der Waals surface area contributed by atoms with Crippen LogP contribution in [0.4, 0.5) is 5.69 Å². The van der Waals surface area contributed by atoms with Crippen molar-refractivity contribution in [2.24, 2.45) is 0 Å². The van der Waals surface area contributed by atoms with E-state index >= 15 is 0 Å². The summed E-state index contributed by atoms with van der Waals surface area (Å²) in [5.41, 5.74) is 2.14. The first-order chi connectivity index (χ1) is 10.7. The van der Waals surface area contributed by atoms with Crippen molar-refractivity contribution in [3.63, 3.8) is 0 Å². The molecule has 1 aliphatic heterocycles. The molecule has 114 valence electrons. The SMILES string of the molecule is CCC(=O)N1c2ccccc2-c2nnc(SC)nc2O[C@H]1C. The lowest BCUT2D eigenvalue weighted by Crippen LogP contribution is -2.41. The highest BCUT2D eigenvalue weighted by Crippen LogP contribution is 2.39. The molecule has 7 heteroatoms. The third kappa shape index (κ3) is 2.41. The summed E-state index contributed by atoms with van der Waals surface area (Å²) in [6, 6.07) is 7.59. The minimum Gasteiger partial charge on any atom is -0.452 e. The lowest BCUT2D eigenvalue weighted by Gasteiger charge is -2.27. The highest BCUT2D eigenvalue weighted by molar-refractivity contribution is 7.98. The Balaban J connectivity index is 2.21. The van der Waals surface area contributed by atoms with Crippen LogP contribution in [-0.2, 0) is 4.79 Å². The Morgan fingerprint density at radius 3 is 2.86 bits per heavy atom. The Morgan fingerprint density at radius 2 is 2.14 bits per heavy atom. The van der Waals surface area contributed by atoms with E-state index in [1.807, 2.05) is 44.4 Å². The molecule has 0 aliphatic carbocycles. The van der Waals surface area contributed by atoms with Crippen molar-refractivity contribution in [2.75, 3.05) is 11.2 Å². The fourth-order valence-corrected chi connectivity index (χ4v) is 2.73. The normalized spacial score (nSPS) is 16.3. The molecule has 22 heavy (non-hydrogen) atoms. The minimum absolute atomic E-state index is 0.00851. The van der Waals surface area contributed by atoms with E-state index in [2.05, 4.69) is 15.2 Å². The van der Waals surface area contributed by atoms with E-state index in [1.165, 1.54) is 11.8 Å². The molecule has 1 aliphatic rings. The molecule has 0 fully saturated rings. The Labute approximate surface area is 132 Å². The van der Waals surface area contributed by atoms with Crippen molar-refractivity contribution in [1.82, 2.24) is 15.2 Å². The average molecular weight is 316 g/mol. The maximum atomic E-state index is 12.4. The second kappa shape index (κ2) is 5.92. The van der Waals surface area contributed by atoms with Crippen LogP contribution in [0.1, 0.15) is 20.3 Å². The maximum absolute atomic E-state index is 12.4. The number of carbonyl (C=O) groups is 1. The minimum atomic E-state index is -0.457. The van der Waals surface area contributed by atoms with Crippen molar-refractivity contribution in [3.05, 3.63) is 24.3 Å². The number of fused-ring (bicyclic) bond motifs is 3. The van der Waals surface area contributed by atoms with Gasteiger partial charge in [-0.3, -0.25) is 9.69 Å². The molecule has 0 saturated carbocycles. The zero-order valence-electron chi connectivity index (χ0n) is 12.6. The molecule has 1 aromatic heterocycles. The van der Waals surface area contributed by atoms with E-state index in [-0.39, 0.29) is 5.91 Å². The Hall–Kier alpha value is -2.15. The van der Waals surface area contributed by atoms with Crippen LogP contribution < -0.4 is 9.64 Å². The standard InChI is InChI=1S/C15H16N4O2S/c1-4-12(20)19-9(2)21-14-13(17-18-15(16-14)22-3)10-7-5-6-8-11(10)19/h5-9H,4H2,1-3H3/t9-/m0/s1. The summed E-state index contributed by atoms with van der Waals surface area (Å²) in [6.07, 6.45) is 1.82. The van der Waals surface area contributed by atoms with Crippen LogP contribution in [0.25, 0.3) is 11.3 Å². The van der Waals surface area contributed by atoms with Gasteiger partial charge < -0.3 is 4.74 Å². The molecule has 0 spiro atoms. The topological polar surface area (TPSA) is 68.2 Å². The molecule has 0 bridgehead atoms. The number of hydrogen-bond donors (Lipinski definition) is 0. The molecule has 1 amide bonds. The van der Waals surface area contributed by atoms with Gasteiger partial charge in [-0.15, -0.1) is 10.2 Å². The molecular weight excluding hydrogens is 300 g/mol. The van der Waals surface area contributed by atoms with Gasteiger partial charge in [0, 0.05) is 12.0 Å². The summed E-state index contributed by atoms with van der Waals surface area (Å²) in [6.45, 7) is 3.67. The third-order valence-corrected chi connectivity index (χ3v) is 3.99. The lowest BCUT2D eigenvalue weighted by atomic mass is 10.1. The van der Waals surface area contributed by atoms with Gasteiger partial charge in [0.15, 0.2) is 11.9 Å². The molecule has 3 rings (SSSR count). The average Bonchev–Trinajstić information content (AvgIpc) is 2.67. The van der Waals surface area contributed by atoms with Crippen LogP contribution in [0.5, 0.6) is 5.88 Å². The number of rotatable bonds is 2.